The van der Waals surface area contributed by atoms with Gasteiger partial charge in [-0.1, -0.05) is 24.3 Å². The van der Waals surface area contributed by atoms with Crippen molar-refractivity contribution in [3.63, 3.8) is 0 Å². The number of anilines is 1. The number of halogens is 3. The molecule has 1 aliphatic rings. The first-order valence-electron chi connectivity index (χ1n) is 10.9. The maximum Gasteiger partial charge on any atom is 0.416 e. The van der Waals surface area contributed by atoms with E-state index in [1.165, 1.54) is 11.8 Å². The molecule has 0 aliphatic carbocycles. The molecule has 0 saturated carbocycles. The summed E-state index contributed by atoms with van der Waals surface area (Å²) in [6, 6.07) is 14.4. The summed E-state index contributed by atoms with van der Waals surface area (Å²) < 4.78 is 40.9. The van der Waals surface area contributed by atoms with Crippen molar-refractivity contribution in [2.45, 2.75) is 32.1 Å². The number of benzene rings is 2. The molecular formula is C25H24F3N5. The van der Waals surface area contributed by atoms with Crippen LogP contribution in [0.2, 0.25) is 0 Å². The van der Waals surface area contributed by atoms with E-state index in [-0.39, 0.29) is 0 Å². The van der Waals surface area contributed by atoms with Crippen molar-refractivity contribution in [1.29, 1.82) is 0 Å². The summed E-state index contributed by atoms with van der Waals surface area (Å²) in [5.74, 6) is 0. The molecule has 2 atom stereocenters. The zero-order chi connectivity index (χ0) is 23.2. The molecule has 33 heavy (non-hydrogen) atoms. The molecule has 2 aromatic carbocycles. The van der Waals surface area contributed by atoms with Gasteiger partial charge in [0.1, 0.15) is 0 Å². The zero-order valence-electron chi connectivity index (χ0n) is 18.3. The average molecular weight is 451 g/mol. The van der Waals surface area contributed by atoms with Crippen LogP contribution in [0, 0.1) is 0 Å². The molecule has 0 unspecified atom stereocenters. The quantitative estimate of drug-likeness (QED) is 0.461. The smallest absolute Gasteiger partial charge is 0.364 e. The molecule has 170 valence electrons. The van der Waals surface area contributed by atoms with Crippen LogP contribution in [-0.2, 0) is 6.18 Å². The van der Waals surface area contributed by atoms with Gasteiger partial charge in [-0.3, -0.25) is 0 Å². The number of hydrogen-bond donors (Lipinski definition) is 1. The van der Waals surface area contributed by atoms with Crippen molar-refractivity contribution >= 4 is 11.3 Å². The van der Waals surface area contributed by atoms with Crippen LogP contribution < -0.4 is 10.2 Å². The molecular weight excluding hydrogens is 427 g/mol. The highest BCUT2D eigenvalue weighted by molar-refractivity contribution is 5.78. The Morgan fingerprint density at radius 1 is 0.909 bits per heavy atom. The van der Waals surface area contributed by atoms with E-state index in [1.54, 1.807) is 23.0 Å². The van der Waals surface area contributed by atoms with Gasteiger partial charge in [0.05, 0.1) is 11.8 Å². The van der Waals surface area contributed by atoms with Gasteiger partial charge in [0.2, 0.25) is 0 Å². The number of aromatic nitrogens is 3. The van der Waals surface area contributed by atoms with Crippen molar-refractivity contribution in [2.24, 2.45) is 0 Å². The van der Waals surface area contributed by atoms with Gasteiger partial charge in [-0.25, -0.2) is 9.50 Å². The molecule has 1 N–H and O–H groups in total. The first-order valence-corrected chi connectivity index (χ1v) is 10.9. The number of fused-ring (bicyclic) bond motifs is 1. The van der Waals surface area contributed by atoms with Gasteiger partial charge >= 0.3 is 6.18 Å². The molecule has 0 bridgehead atoms. The fourth-order valence-electron chi connectivity index (χ4n) is 4.56. The second-order valence-electron chi connectivity index (χ2n) is 8.56. The van der Waals surface area contributed by atoms with E-state index in [4.69, 9.17) is 0 Å². The summed E-state index contributed by atoms with van der Waals surface area (Å²) in [4.78, 5) is 6.95. The first-order chi connectivity index (χ1) is 15.8. The topological polar surface area (TPSA) is 45.5 Å². The minimum absolute atomic E-state index is 0.413. The predicted octanol–water partition coefficient (Wildman–Crippen LogP) is 5.27. The fraction of sp³-hybridized carbons (Fsp3) is 0.280. The molecule has 1 saturated heterocycles. The SMILES string of the molecule is C[C@@H]1CNC[C@H](C)N1c1ccc(-c2cnc3c(-c4cccc(C(F)(F)F)c4)cnn3c2)cc1. The van der Waals surface area contributed by atoms with E-state index in [9.17, 15) is 13.2 Å². The van der Waals surface area contributed by atoms with E-state index in [0.29, 0.717) is 28.9 Å². The van der Waals surface area contributed by atoms with Crippen LogP contribution in [0.5, 0.6) is 0 Å². The van der Waals surface area contributed by atoms with Crippen LogP contribution in [0.1, 0.15) is 19.4 Å². The Bertz CT molecular complexity index is 1270. The molecule has 1 fully saturated rings. The standard InChI is InChI=1S/C25H24F3N5/c1-16-11-29-12-17(2)33(16)22-8-6-18(7-9-22)20-13-30-24-23(14-31-32(24)15-20)19-4-3-5-21(10-19)25(26,27)28/h3-10,13-17,29H,11-12H2,1-2H3/t16-,17+. The van der Waals surface area contributed by atoms with Gasteiger partial charge < -0.3 is 10.2 Å². The van der Waals surface area contributed by atoms with Crippen molar-refractivity contribution in [3.8, 4) is 22.3 Å². The Morgan fingerprint density at radius 2 is 1.64 bits per heavy atom. The number of nitrogens with zero attached hydrogens (tertiary/aromatic N) is 4. The summed E-state index contributed by atoms with van der Waals surface area (Å²) in [6.07, 6.45) is 0.744. The number of alkyl halides is 3. The van der Waals surface area contributed by atoms with Crippen LogP contribution in [0.15, 0.2) is 67.1 Å². The summed E-state index contributed by atoms with van der Waals surface area (Å²) >= 11 is 0. The van der Waals surface area contributed by atoms with Gasteiger partial charge in [0.15, 0.2) is 5.65 Å². The maximum atomic E-state index is 13.1. The zero-order valence-corrected chi connectivity index (χ0v) is 18.3. The molecule has 2 aromatic heterocycles. The third kappa shape index (κ3) is 4.06. The lowest BCUT2D eigenvalue weighted by Gasteiger charge is -2.41. The van der Waals surface area contributed by atoms with Gasteiger partial charge in [-0.2, -0.15) is 18.3 Å². The Hall–Kier alpha value is -3.39. The minimum atomic E-state index is -4.40. The van der Waals surface area contributed by atoms with Gasteiger partial charge in [0, 0.05) is 54.4 Å². The Kier molecular flexibility index (Phi) is 5.32. The first kappa shape index (κ1) is 21.5. The predicted molar refractivity (Wildman–Crippen MR) is 123 cm³/mol. The third-order valence-corrected chi connectivity index (χ3v) is 6.19. The highest BCUT2D eigenvalue weighted by Gasteiger charge is 2.30. The highest BCUT2D eigenvalue weighted by Crippen LogP contribution is 2.33. The number of piperazine rings is 1. The second kappa shape index (κ2) is 8.19. The number of hydrogen-bond acceptors (Lipinski definition) is 4. The van der Waals surface area contributed by atoms with E-state index >= 15 is 0 Å². The van der Waals surface area contributed by atoms with E-state index < -0.39 is 11.7 Å². The fourth-order valence-corrected chi connectivity index (χ4v) is 4.56. The molecule has 4 aromatic rings. The van der Waals surface area contributed by atoms with E-state index in [0.717, 1.165) is 36.3 Å². The molecule has 3 heterocycles. The van der Waals surface area contributed by atoms with Crippen LogP contribution in [0.4, 0.5) is 18.9 Å². The molecule has 0 amide bonds. The largest absolute Gasteiger partial charge is 0.416 e. The molecule has 5 nitrogen and oxygen atoms in total. The van der Waals surface area contributed by atoms with Crippen molar-refractivity contribution in [1.82, 2.24) is 19.9 Å². The van der Waals surface area contributed by atoms with Crippen molar-refractivity contribution in [2.75, 3.05) is 18.0 Å². The molecule has 8 heteroatoms. The molecule has 1 aliphatic heterocycles. The Morgan fingerprint density at radius 3 is 2.33 bits per heavy atom. The highest BCUT2D eigenvalue weighted by atomic mass is 19.4. The Balaban J connectivity index is 1.44. The maximum absolute atomic E-state index is 13.1. The van der Waals surface area contributed by atoms with Crippen molar-refractivity contribution < 1.29 is 13.2 Å². The third-order valence-electron chi connectivity index (χ3n) is 6.19. The average Bonchev–Trinajstić information content (AvgIpc) is 3.22. The van der Waals surface area contributed by atoms with Crippen molar-refractivity contribution in [3.05, 3.63) is 72.7 Å². The lowest BCUT2D eigenvalue weighted by atomic mass is 10.0. The summed E-state index contributed by atoms with van der Waals surface area (Å²) in [5, 5.41) is 7.79. The second-order valence-corrected chi connectivity index (χ2v) is 8.56. The van der Waals surface area contributed by atoms with E-state index in [1.807, 2.05) is 6.20 Å². The normalized spacial score (nSPS) is 19.2. The van der Waals surface area contributed by atoms with Crippen LogP contribution >= 0.6 is 0 Å². The number of rotatable bonds is 3. The molecule has 0 spiro atoms. The van der Waals surface area contributed by atoms with Crippen LogP contribution in [-0.4, -0.2) is 39.8 Å². The number of nitrogens with one attached hydrogen (secondary N) is 1. The molecule has 5 rings (SSSR count). The summed E-state index contributed by atoms with van der Waals surface area (Å²) in [7, 11) is 0. The van der Waals surface area contributed by atoms with Gasteiger partial charge in [0.25, 0.3) is 0 Å². The van der Waals surface area contributed by atoms with Gasteiger partial charge in [-0.05, 0) is 49.2 Å². The van der Waals surface area contributed by atoms with E-state index in [2.05, 4.69) is 58.4 Å². The monoisotopic (exact) mass is 451 g/mol. The molecule has 0 radical (unpaired) electrons. The van der Waals surface area contributed by atoms with Crippen LogP contribution in [0.3, 0.4) is 0 Å². The summed E-state index contributed by atoms with van der Waals surface area (Å²) in [5.41, 5.74) is 3.88. The van der Waals surface area contributed by atoms with Crippen LogP contribution in [0.25, 0.3) is 27.9 Å². The summed E-state index contributed by atoms with van der Waals surface area (Å²) in [6.45, 7) is 6.35. The lowest BCUT2D eigenvalue weighted by molar-refractivity contribution is -0.137. The Labute approximate surface area is 189 Å². The van der Waals surface area contributed by atoms with Gasteiger partial charge in [-0.15, -0.1) is 0 Å². The lowest BCUT2D eigenvalue weighted by Crippen LogP contribution is -2.55. The minimum Gasteiger partial charge on any atom is -0.364 e.